The van der Waals surface area contributed by atoms with Crippen LogP contribution in [0.4, 0.5) is 34.1 Å². The lowest BCUT2D eigenvalue weighted by atomic mass is 9.34. The number of rotatable bonds is 10. The van der Waals surface area contributed by atoms with E-state index in [1.165, 1.54) is 178 Å². The maximum atomic E-state index is 2.56. The summed E-state index contributed by atoms with van der Waals surface area (Å²) >= 11 is 0. The van der Waals surface area contributed by atoms with Crippen molar-refractivity contribution in [3.05, 3.63) is 259 Å². The average Bonchev–Trinajstić information content (AvgIpc) is 1.52. The number of hydrogen-bond donors (Lipinski definition) is 0. The van der Waals surface area contributed by atoms with E-state index in [4.69, 9.17) is 0 Å². The number of benzene rings is 10. The summed E-state index contributed by atoms with van der Waals surface area (Å²) in [6, 6.07) is 65.4. The van der Waals surface area contributed by atoms with Crippen molar-refractivity contribution < 1.29 is 0 Å². The monoisotopic (exact) mass is 1180 g/mol. The number of hydrogen-bond acceptors (Lipinski definition) is 6. The molecular formula is C82H88B2N6. The van der Waals surface area contributed by atoms with Crippen LogP contribution in [-0.4, -0.2) is 55.0 Å². The zero-order valence-electron chi connectivity index (χ0n) is 56.2. The molecule has 6 nitrogen and oxygen atoms in total. The van der Waals surface area contributed by atoms with E-state index in [9.17, 15) is 0 Å². The van der Waals surface area contributed by atoms with Gasteiger partial charge in [-0.2, -0.15) is 0 Å². The number of anilines is 6. The van der Waals surface area contributed by atoms with Crippen LogP contribution in [0.1, 0.15) is 89.0 Å². The van der Waals surface area contributed by atoms with E-state index in [2.05, 4.69) is 311 Å². The second-order valence-corrected chi connectivity index (χ2v) is 27.5. The van der Waals surface area contributed by atoms with Crippen LogP contribution in [0.25, 0.3) is 22.3 Å². The van der Waals surface area contributed by atoms with Gasteiger partial charge in [-0.25, -0.2) is 0 Å². The zero-order valence-corrected chi connectivity index (χ0v) is 56.2. The molecule has 4 aliphatic rings. The summed E-state index contributed by atoms with van der Waals surface area (Å²) in [5.74, 6) is 0. The molecule has 0 spiro atoms. The molecule has 10 aromatic carbocycles. The van der Waals surface area contributed by atoms with Crippen molar-refractivity contribution in [2.24, 2.45) is 0 Å². The highest BCUT2D eigenvalue weighted by Crippen LogP contribution is 2.42. The molecule has 4 bridgehead atoms. The van der Waals surface area contributed by atoms with Crippen LogP contribution in [0.5, 0.6) is 0 Å². The van der Waals surface area contributed by atoms with Gasteiger partial charge >= 0.3 is 0 Å². The van der Waals surface area contributed by atoms with E-state index in [0.717, 1.165) is 39.5 Å². The van der Waals surface area contributed by atoms with Gasteiger partial charge in [0.1, 0.15) is 0 Å². The number of fused-ring (bicyclic) bond motifs is 12. The normalized spacial score (nSPS) is 13.4. The zero-order chi connectivity index (χ0) is 63.1. The summed E-state index contributed by atoms with van der Waals surface area (Å²) in [4.78, 5) is 14.5. The van der Waals surface area contributed by atoms with Gasteiger partial charge in [0, 0.05) is 88.5 Å². The standard InChI is InChI=1S/2C41H44BN3/c2*1-26-17-28(3)40(29(4)18-26)42(41-30(5)19-27(2)20-31(41)6)36-12-16-39-35(22-36)24-45-25-44(39)23-34-21-33(11-15-38(34)45)32-9-13-37(14-10-32)43(7)8/h2*9-22H,23-25H2,1-8H3. The van der Waals surface area contributed by atoms with E-state index in [0.29, 0.717) is 0 Å². The van der Waals surface area contributed by atoms with E-state index >= 15 is 0 Å². The molecule has 0 aromatic heterocycles. The van der Waals surface area contributed by atoms with Crippen LogP contribution >= 0.6 is 0 Å². The predicted molar refractivity (Wildman–Crippen MR) is 392 cm³/mol. The molecule has 8 heteroatoms. The van der Waals surface area contributed by atoms with Gasteiger partial charge in [0.25, 0.3) is 0 Å². The summed E-state index contributed by atoms with van der Waals surface area (Å²) in [5, 5.41) is 0. The Morgan fingerprint density at radius 1 is 0.267 bits per heavy atom. The van der Waals surface area contributed by atoms with Crippen LogP contribution in [0.3, 0.4) is 0 Å². The minimum absolute atomic E-state index is 0.192. The summed E-state index contributed by atoms with van der Waals surface area (Å²) < 4.78 is 0. The maximum absolute atomic E-state index is 2.56. The Labute approximate surface area is 538 Å². The Hall–Kier alpha value is -8.87. The van der Waals surface area contributed by atoms with Crippen LogP contribution in [0.2, 0.25) is 0 Å². The molecule has 0 amide bonds. The number of aryl methyl sites for hydroxylation is 12. The first-order chi connectivity index (χ1) is 43.1. The van der Waals surface area contributed by atoms with Crippen molar-refractivity contribution in [3.63, 3.8) is 0 Å². The van der Waals surface area contributed by atoms with Gasteiger partial charge in [-0.05, 0) is 188 Å². The van der Waals surface area contributed by atoms with Crippen molar-refractivity contribution in [3.8, 4) is 22.3 Å². The third kappa shape index (κ3) is 11.3. The topological polar surface area (TPSA) is 19.4 Å². The molecule has 0 saturated heterocycles. The van der Waals surface area contributed by atoms with Crippen LogP contribution in [0, 0.1) is 83.1 Å². The second-order valence-electron chi connectivity index (χ2n) is 27.5. The molecule has 0 N–H and O–H groups in total. The van der Waals surface area contributed by atoms with Gasteiger partial charge in [-0.1, -0.05) is 209 Å². The van der Waals surface area contributed by atoms with Gasteiger partial charge in [-0.3, -0.25) is 0 Å². The molecule has 0 unspecified atom stereocenters. The Bertz CT molecular complexity index is 3950. The van der Waals surface area contributed by atoms with Gasteiger partial charge < -0.3 is 29.4 Å². The van der Waals surface area contributed by atoms with Gasteiger partial charge in [0.15, 0.2) is 0 Å². The third-order valence-corrected chi connectivity index (χ3v) is 20.1. The van der Waals surface area contributed by atoms with Gasteiger partial charge in [0.05, 0.1) is 13.3 Å². The molecule has 10 aromatic rings. The molecule has 90 heavy (non-hydrogen) atoms. The van der Waals surface area contributed by atoms with Crippen LogP contribution in [-0.2, 0) is 26.2 Å². The van der Waals surface area contributed by atoms with Gasteiger partial charge in [-0.15, -0.1) is 0 Å². The lowest BCUT2D eigenvalue weighted by molar-refractivity contribution is 0.651. The minimum atomic E-state index is 0.192. The van der Waals surface area contributed by atoms with Crippen molar-refractivity contribution >= 4 is 80.3 Å². The number of nitrogens with zero attached hydrogens (tertiary/aromatic N) is 6. The smallest absolute Gasteiger partial charge is 0.242 e. The first-order valence-electron chi connectivity index (χ1n) is 32.5. The van der Waals surface area contributed by atoms with Crippen molar-refractivity contribution in [2.75, 3.05) is 70.9 Å². The molecule has 452 valence electrons. The first kappa shape index (κ1) is 60.1. The molecule has 0 saturated carbocycles. The quantitative estimate of drug-likeness (QED) is 0.126. The third-order valence-electron chi connectivity index (χ3n) is 20.1. The fraction of sp³-hybridized carbons (Fsp3) is 0.268. The highest BCUT2D eigenvalue weighted by Gasteiger charge is 2.36. The first-order valence-corrected chi connectivity index (χ1v) is 32.5. The largest absolute Gasteiger partial charge is 0.378 e. The maximum Gasteiger partial charge on any atom is 0.242 e. The Balaban J connectivity index is 0.000000165. The second kappa shape index (κ2) is 23.8. The van der Waals surface area contributed by atoms with E-state index in [1.807, 2.05) is 0 Å². The summed E-state index contributed by atoms with van der Waals surface area (Å²) in [6.07, 6.45) is 0. The Kier molecular flexibility index (Phi) is 15.9. The van der Waals surface area contributed by atoms with E-state index in [1.54, 1.807) is 0 Å². The van der Waals surface area contributed by atoms with Crippen molar-refractivity contribution in [1.82, 2.24) is 0 Å². The molecule has 0 radical (unpaired) electrons. The fourth-order valence-electron chi connectivity index (χ4n) is 16.4. The van der Waals surface area contributed by atoms with Gasteiger partial charge in [0.2, 0.25) is 13.4 Å². The SMILES string of the molecule is Cc1cc(C)c(B(c2ccc3c(c2)CN2CN3Cc3cc(-c4ccc(N(C)C)cc4)ccc32)c2c(C)cc(C)cc2C)c(C)c1.Cc1cc(C)c(B(c2ccc3c(c2)CN2CN3Cc3cc(-c4ccc(N(C)C)cc4)ccc32)c2c(C)cc(C)cc2C)c(C)c1. The van der Waals surface area contributed by atoms with E-state index in [-0.39, 0.29) is 13.4 Å². The Morgan fingerprint density at radius 3 is 0.756 bits per heavy atom. The molecule has 14 rings (SSSR count). The lowest BCUT2D eigenvalue weighted by Crippen LogP contribution is -2.56. The Morgan fingerprint density at radius 2 is 0.500 bits per heavy atom. The fourth-order valence-corrected chi connectivity index (χ4v) is 16.4. The molecular weight excluding hydrogens is 1090 g/mol. The highest BCUT2D eigenvalue weighted by atomic mass is 15.4. The average molecular weight is 1180 g/mol. The molecule has 0 atom stereocenters. The van der Waals surface area contributed by atoms with Crippen molar-refractivity contribution in [2.45, 2.75) is 109 Å². The molecule has 4 heterocycles. The summed E-state index contributed by atoms with van der Waals surface area (Å²) in [7, 11) is 8.36. The molecule has 0 fully saturated rings. The summed E-state index contributed by atoms with van der Waals surface area (Å²) in [6.45, 7) is 33.2. The summed E-state index contributed by atoms with van der Waals surface area (Å²) in [5.41, 5.74) is 43.5. The predicted octanol–water partition coefficient (Wildman–Crippen LogP) is 14.2. The molecule has 4 aliphatic heterocycles. The minimum Gasteiger partial charge on any atom is -0.378 e. The van der Waals surface area contributed by atoms with Crippen LogP contribution < -0.4 is 62.2 Å². The van der Waals surface area contributed by atoms with Crippen molar-refractivity contribution in [1.29, 1.82) is 0 Å². The van der Waals surface area contributed by atoms with E-state index < -0.39 is 0 Å². The lowest BCUT2D eigenvalue weighted by Gasteiger charge is -2.45. The highest BCUT2D eigenvalue weighted by molar-refractivity contribution is 6.97. The molecule has 0 aliphatic carbocycles. The van der Waals surface area contributed by atoms with Crippen LogP contribution in [0.15, 0.2) is 170 Å².